The number of aromatic nitrogens is 1. The van der Waals surface area contributed by atoms with Gasteiger partial charge in [0.05, 0.1) is 0 Å². The largest absolute Gasteiger partial charge is 0.250 e. The number of rotatable bonds is 1. The Labute approximate surface area is 68.0 Å². The maximum absolute atomic E-state index is 4.07. The summed E-state index contributed by atoms with van der Waals surface area (Å²) >= 11 is 2.17. The van der Waals surface area contributed by atoms with Gasteiger partial charge in [0.1, 0.15) is 3.70 Å². The highest BCUT2D eigenvalue weighted by Crippen LogP contribution is 2.02. The molecule has 0 spiro atoms. The first kappa shape index (κ1) is 6.74. The molecule has 0 bridgehead atoms. The van der Waals surface area contributed by atoms with Gasteiger partial charge in [-0.3, -0.25) is 0 Å². The first-order valence-electron chi connectivity index (χ1n) is 2.57. The van der Waals surface area contributed by atoms with Crippen LogP contribution in [0.3, 0.4) is 0 Å². The monoisotopic (exact) mass is 231 g/mol. The van der Waals surface area contributed by atoms with Gasteiger partial charge in [0.25, 0.3) is 0 Å². The molecule has 46 valence electrons. The predicted octanol–water partition coefficient (Wildman–Crippen LogP) is 2.33. The summed E-state index contributed by atoms with van der Waals surface area (Å²) in [5.74, 6) is 0. The van der Waals surface area contributed by atoms with Gasteiger partial charge in [0.15, 0.2) is 0 Å². The SMILES string of the molecule is C=Cc1ccc(I)nc1. The molecule has 1 rings (SSSR count). The Hall–Kier alpha value is -0.380. The van der Waals surface area contributed by atoms with Crippen molar-refractivity contribution in [2.75, 3.05) is 0 Å². The van der Waals surface area contributed by atoms with Crippen molar-refractivity contribution in [3.05, 3.63) is 34.2 Å². The fraction of sp³-hybridized carbons (Fsp3) is 0. The number of hydrogen-bond acceptors (Lipinski definition) is 1. The first-order valence-corrected chi connectivity index (χ1v) is 3.65. The zero-order valence-corrected chi connectivity index (χ0v) is 7.00. The molecule has 0 radical (unpaired) electrons. The zero-order valence-electron chi connectivity index (χ0n) is 4.84. The third kappa shape index (κ3) is 1.78. The summed E-state index contributed by atoms with van der Waals surface area (Å²) < 4.78 is 1.01. The van der Waals surface area contributed by atoms with E-state index in [4.69, 9.17) is 0 Å². The van der Waals surface area contributed by atoms with E-state index in [0.717, 1.165) is 9.26 Å². The van der Waals surface area contributed by atoms with Gasteiger partial charge in [-0.15, -0.1) is 0 Å². The van der Waals surface area contributed by atoms with Crippen LogP contribution in [0.15, 0.2) is 24.9 Å². The molecule has 9 heavy (non-hydrogen) atoms. The van der Waals surface area contributed by atoms with Gasteiger partial charge < -0.3 is 0 Å². The molecule has 0 aromatic carbocycles. The molecule has 1 aromatic heterocycles. The molecule has 0 saturated heterocycles. The van der Waals surface area contributed by atoms with Gasteiger partial charge >= 0.3 is 0 Å². The number of hydrogen-bond donors (Lipinski definition) is 0. The minimum absolute atomic E-state index is 1.01. The third-order valence-electron chi connectivity index (χ3n) is 0.986. The van der Waals surface area contributed by atoms with Gasteiger partial charge in [-0.1, -0.05) is 18.7 Å². The third-order valence-corrected chi connectivity index (χ3v) is 1.62. The minimum atomic E-state index is 1.01. The quantitative estimate of drug-likeness (QED) is 0.533. The van der Waals surface area contributed by atoms with Crippen molar-refractivity contribution in [2.24, 2.45) is 0 Å². The average Bonchev–Trinajstić information content (AvgIpc) is 1.90. The second-order valence-electron chi connectivity index (χ2n) is 1.62. The van der Waals surface area contributed by atoms with Crippen molar-refractivity contribution in [1.29, 1.82) is 0 Å². The normalized spacial score (nSPS) is 9.00. The molecule has 0 aliphatic heterocycles. The Balaban J connectivity index is 3.01. The van der Waals surface area contributed by atoms with Crippen LogP contribution in [0.2, 0.25) is 0 Å². The first-order chi connectivity index (χ1) is 4.33. The van der Waals surface area contributed by atoms with Crippen LogP contribution in [-0.2, 0) is 0 Å². The molecule has 1 heterocycles. The maximum Gasteiger partial charge on any atom is 0.101 e. The maximum atomic E-state index is 4.07. The van der Waals surface area contributed by atoms with Crippen molar-refractivity contribution < 1.29 is 0 Å². The Morgan fingerprint density at radius 2 is 2.33 bits per heavy atom. The Morgan fingerprint density at radius 3 is 2.78 bits per heavy atom. The van der Waals surface area contributed by atoms with Crippen LogP contribution in [-0.4, -0.2) is 4.98 Å². The van der Waals surface area contributed by atoms with Crippen LogP contribution in [0.25, 0.3) is 6.08 Å². The number of halogens is 1. The molecule has 0 unspecified atom stereocenters. The van der Waals surface area contributed by atoms with Crippen molar-refractivity contribution in [3.63, 3.8) is 0 Å². The van der Waals surface area contributed by atoms with Crippen molar-refractivity contribution in [1.82, 2.24) is 4.98 Å². The van der Waals surface area contributed by atoms with Gasteiger partial charge in [0.2, 0.25) is 0 Å². The van der Waals surface area contributed by atoms with Gasteiger partial charge in [0, 0.05) is 6.20 Å². The van der Waals surface area contributed by atoms with Crippen LogP contribution >= 0.6 is 22.6 Å². The summed E-state index contributed by atoms with van der Waals surface area (Å²) in [6.45, 7) is 3.62. The number of pyridine rings is 1. The fourth-order valence-electron chi connectivity index (χ4n) is 0.508. The molecule has 0 saturated carbocycles. The second kappa shape index (κ2) is 2.96. The molecule has 2 heteroatoms. The van der Waals surface area contributed by atoms with E-state index < -0.39 is 0 Å². The fourth-order valence-corrected chi connectivity index (χ4v) is 0.827. The molecule has 1 nitrogen and oxygen atoms in total. The lowest BCUT2D eigenvalue weighted by Crippen LogP contribution is -1.78. The van der Waals surface area contributed by atoms with Gasteiger partial charge in [-0.05, 0) is 34.2 Å². The lowest BCUT2D eigenvalue weighted by Gasteiger charge is -1.89. The summed E-state index contributed by atoms with van der Waals surface area (Å²) in [7, 11) is 0. The van der Waals surface area contributed by atoms with E-state index >= 15 is 0 Å². The number of nitrogens with zero attached hydrogens (tertiary/aromatic N) is 1. The van der Waals surface area contributed by atoms with E-state index in [1.165, 1.54) is 0 Å². The van der Waals surface area contributed by atoms with Crippen LogP contribution in [0.1, 0.15) is 5.56 Å². The van der Waals surface area contributed by atoms with E-state index in [9.17, 15) is 0 Å². The van der Waals surface area contributed by atoms with E-state index in [0.29, 0.717) is 0 Å². The van der Waals surface area contributed by atoms with E-state index in [1.54, 1.807) is 12.3 Å². The van der Waals surface area contributed by atoms with Crippen molar-refractivity contribution in [3.8, 4) is 0 Å². The smallest absolute Gasteiger partial charge is 0.101 e. The molecular weight excluding hydrogens is 225 g/mol. The van der Waals surface area contributed by atoms with Gasteiger partial charge in [-0.2, -0.15) is 0 Å². The standard InChI is InChI=1S/C7H6IN/c1-2-6-3-4-7(8)9-5-6/h2-5H,1H2. The second-order valence-corrected chi connectivity index (χ2v) is 2.72. The molecule has 0 amide bonds. The molecule has 0 atom stereocenters. The summed E-state index contributed by atoms with van der Waals surface area (Å²) in [4.78, 5) is 4.07. The van der Waals surface area contributed by atoms with Gasteiger partial charge in [-0.25, -0.2) is 4.98 Å². The topological polar surface area (TPSA) is 12.9 Å². The van der Waals surface area contributed by atoms with E-state index in [-0.39, 0.29) is 0 Å². The minimum Gasteiger partial charge on any atom is -0.250 e. The van der Waals surface area contributed by atoms with Crippen LogP contribution in [0.4, 0.5) is 0 Å². The summed E-state index contributed by atoms with van der Waals surface area (Å²) in [6.07, 6.45) is 3.58. The van der Waals surface area contributed by atoms with E-state index in [1.807, 2.05) is 12.1 Å². The highest BCUT2D eigenvalue weighted by atomic mass is 127. The Kier molecular flexibility index (Phi) is 2.22. The lowest BCUT2D eigenvalue weighted by molar-refractivity contribution is 1.26. The van der Waals surface area contributed by atoms with Crippen LogP contribution < -0.4 is 0 Å². The summed E-state index contributed by atoms with van der Waals surface area (Å²) in [6, 6.07) is 3.94. The molecule has 0 fully saturated rings. The molecule has 0 N–H and O–H groups in total. The highest BCUT2D eigenvalue weighted by molar-refractivity contribution is 14.1. The van der Waals surface area contributed by atoms with Crippen molar-refractivity contribution >= 4 is 28.7 Å². The van der Waals surface area contributed by atoms with Crippen LogP contribution in [0.5, 0.6) is 0 Å². The zero-order chi connectivity index (χ0) is 6.69. The highest BCUT2D eigenvalue weighted by Gasteiger charge is 1.84. The molecule has 0 aliphatic carbocycles. The lowest BCUT2D eigenvalue weighted by atomic mass is 10.3. The average molecular weight is 231 g/mol. The molecule has 0 aliphatic rings. The Morgan fingerprint density at radius 1 is 1.56 bits per heavy atom. The summed E-state index contributed by atoms with van der Waals surface area (Å²) in [5, 5.41) is 0. The molecule has 1 aromatic rings. The molecular formula is C7H6IN. The van der Waals surface area contributed by atoms with Crippen molar-refractivity contribution in [2.45, 2.75) is 0 Å². The van der Waals surface area contributed by atoms with Crippen LogP contribution in [0, 0.1) is 3.70 Å². The Bertz CT molecular complexity index is 203. The van der Waals surface area contributed by atoms with E-state index in [2.05, 4.69) is 34.2 Å². The predicted molar refractivity (Wildman–Crippen MR) is 47.0 cm³/mol. The summed E-state index contributed by atoms with van der Waals surface area (Å²) in [5.41, 5.74) is 1.07.